The molecule has 38 heavy (non-hydrogen) atoms. The van der Waals surface area contributed by atoms with Gasteiger partial charge < -0.3 is 33.2 Å². The van der Waals surface area contributed by atoms with Crippen molar-refractivity contribution in [2.45, 2.75) is 20.3 Å². The van der Waals surface area contributed by atoms with E-state index in [1.807, 2.05) is 32.9 Å². The summed E-state index contributed by atoms with van der Waals surface area (Å²) in [6.45, 7) is 8.47. The monoisotopic (exact) mass is 524 g/mol. The number of benzene rings is 1. The van der Waals surface area contributed by atoms with Gasteiger partial charge in [-0.15, -0.1) is 5.73 Å². The van der Waals surface area contributed by atoms with Crippen molar-refractivity contribution in [3.05, 3.63) is 58.2 Å². The van der Waals surface area contributed by atoms with Crippen molar-refractivity contribution < 1.29 is 34.4 Å². The molecule has 1 saturated heterocycles. The number of ketones is 1. The highest BCUT2D eigenvalue weighted by molar-refractivity contribution is 6.06. The van der Waals surface area contributed by atoms with Gasteiger partial charge in [-0.25, -0.2) is 0 Å². The first kappa shape index (κ1) is 30.0. The Balaban J connectivity index is 0.000000857. The van der Waals surface area contributed by atoms with E-state index in [1.54, 1.807) is 38.2 Å². The van der Waals surface area contributed by atoms with Gasteiger partial charge in [0.05, 0.1) is 32.5 Å². The number of hydrogen-bond acceptors (Lipinski definition) is 8. The molecule has 204 valence electrons. The Kier molecular flexibility index (Phi) is 11.4. The number of fused-ring (bicyclic) bond motifs is 1. The van der Waals surface area contributed by atoms with Gasteiger partial charge in [0, 0.05) is 47.0 Å². The molecule has 9 nitrogen and oxygen atoms in total. The first-order valence-electron chi connectivity index (χ1n) is 11.9. The topological polar surface area (TPSA) is 98.5 Å². The standard InChI is InChI=1S/C24H26N2O5.C4H6O.CH2O.H2/c1-15-11-17(16-5-6-20(29-3)21(13-16)30-4)23-18(19(27)12-15)14-22(31-23)24(28)26-9-7-25(2)8-10-26;1-3-4-5-2;1-2;/h5-6,13-14H,7-10,12H2,1-4H3;1-2H3;1H2;1H. The van der Waals surface area contributed by atoms with Crippen molar-refractivity contribution in [3.63, 3.8) is 0 Å². The maximum atomic E-state index is 13.0. The Morgan fingerprint density at radius 1 is 1.08 bits per heavy atom. The first-order valence-corrected chi connectivity index (χ1v) is 11.9. The molecular weight excluding hydrogens is 488 g/mol. The Hall–Kier alpha value is -4.25. The summed E-state index contributed by atoms with van der Waals surface area (Å²) in [5, 5.41) is 0. The number of methoxy groups -OCH3 is 3. The SMILES string of the molecule is C=O.CC#COC.COc1ccc(C2=C=C(C)CC(=O)c3cc(C(=O)N4CCN(C)CC4)oc32)cc1OC.[HH]. The third-order valence-electron chi connectivity index (χ3n) is 5.90. The molecule has 0 bridgehead atoms. The number of nitrogens with zero attached hydrogens (tertiary/aromatic N) is 2. The van der Waals surface area contributed by atoms with E-state index in [9.17, 15) is 9.59 Å². The molecule has 0 atom stereocenters. The van der Waals surface area contributed by atoms with Crippen LogP contribution >= 0.6 is 0 Å². The van der Waals surface area contributed by atoms with Gasteiger partial charge in [-0.05, 0) is 43.3 Å². The van der Waals surface area contributed by atoms with E-state index < -0.39 is 0 Å². The summed E-state index contributed by atoms with van der Waals surface area (Å²) < 4.78 is 21.1. The lowest BCUT2D eigenvalue weighted by atomic mass is 10.0. The van der Waals surface area contributed by atoms with Crippen molar-refractivity contribution in [1.29, 1.82) is 0 Å². The average Bonchev–Trinajstić information content (AvgIpc) is 3.34. The van der Waals surface area contributed by atoms with Gasteiger partial charge in [0.2, 0.25) is 0 Å². The van der Waals surface area contributed by atoms with Gasteiger partial charge in [-0.3, -0.25) is 9.59 Å². The van der Waals surface area contributed by atoms with Crippen LogP contribution in [0, 0.1) is 12.0 Å². The quantitative estimate of drug-likeness (QED) is 0.439. The van der Waals surface area contributed by atoms with Crippen LogP contribution in [0.1, 0.15) is 53.9 Å². The van der Waals surface area contributed by atoms with Gasteiger partial charge in [-0.2, -0.15) is 0 Å². The number of Topliss-reactive ketones (excluding diaryl/α,β-unsaturated/α-hetero) is 1. The second-order valence-corrected chi connectivity index (χ2v) is 8.46. The third kappa shape index (κ3) is 7.16. The summed E-state index contributed by atoms with van der Waals surface area (Å²) in [6, 6.07) is 7.06. The zero-order valence-corrected chi connectivity index (χ0v) is 22.8. The molecule has 2 aromatic rings. The van der Waals surface area contributed by atoms with Crippen molar-refractivity contribution >= 4 is 24.1 Å². The number of carbonyl (C=O) groups is 3. The molecule has 0 unspecified atom stereocenters. The minimum Gasteiger partial charge on any atom is -0.493 e. The second-order valence-electron chi connectivity index (χ2n) is 8.46. The second kappa shape index (κ2) is 14.5. The van der Waals surface area contributed by atoms with E-state index >= 15 is 0 Å². The van der Waals surface area contributed by atoms with Crippen LogP contribution in [-0.4, -0.2) is 82.8 Å². The minimum atomic E-state index is -0.193. The van der Waals surface area contributed by atoms with Crippen LogP contribution < -0.4 is 9.47 Å². The summed E-state index contributed by atoms with van der Waals surface area (Å²) in [5.74, 6) is 3.97. The predicted molar refractivity (Wildman–Crippen MR) is 146 cm³/mol. The van der Waals surface area contributed by atoms with Gasteiger partial charge in [0.25, 0.3) is 5.91 Å². The molecule has 1 aromatic carbocycles. The molecule has 2 aliphatic rings. The van der Waals surface area contributed by atoms with Crippen LogP contribution in [0.15, 0.2) is 40.0 Å². The van der Waals surface area contributed by atoms with Gasteiger partial charge >= 0.3 is 0 Å². The molecule has 1 aliphatic heterocycles. The number of ether oxygens (including phenoxy) is 3. The molecule has 2 heterocycles. The Labute approximate surface area is 225 Å². The molecule has 0 saturated carbocycles. The minimum absolute atomic E-state index is 0. The van der Waals surface area contributed by atoms with E-state index in [0.29, 0.717) is 41.5 Å². The van der Waals surface area contributed by atoms with Crippen LogP contribution in [-0.2, 0) is 9.53 Å². The average molecular weight is 525 g/mol. The normalized spacial score (nSPS) is 14.5. The zero-order valence-electron chi connectivity index (χ0n) is 22.8. The van der Waals surface area contributed by atoms with Crippen LogP contribution in [0.5, 0.6) is 11.5 Å². The van der Waals surface area contributed by atoms with E-state index in [2.05, 4.69) is 27.4 Å². The van der Waals surface area contributed by atoms with E-state index in [4.69, 9.17) is 18.7 Å². The van der Waals surface area contributed by atoms with Crippen LogP contribution in [0.25, 0.3) is 5.57 Å². The molecular formula is C29H36N2O7. The first-order chi connectivity index (χ1) is 18.3. The fourth-order valence-corrected chi connectivity index (χ4v) is 4.00. The predicted octanol–water partition coefficient (Wildman–Crippen LogP) is 3.92. The molecule has 1 aliphatic carbocycles. The third-order valence-corrected chi connectivity index (χ3v) is 5.90. The molecule has 9 heteroatoms. The van der Waals surface area contributed by atoms with Gasteiger partial charge in [0.15, 0.2) is 28.8 Å². The van der Waals surface area contributed by atoms with Crippen LogP contribution in [0.2, 0.25) is 0 Å². The number of rotatable bonds is 4. The molecule has 1 amide bonds. The lowest BCUT2D eigenvalue weighted by Gasteiger charge is -2.31. The van der Waals surface area contributed by atoms with E-state index in [0.717, 1.165) is 24.2 Å². The molecule has 0 radical (unpaired) electrons. The molecule has 4 rings (SSSR count). The summed E-state index contributed by atoms with van der Waals surface area (Å²) in [5.41, 5.74) is 5.89. The molecule has 1 aromatic heterocycles. The number of piperazine rings is 1. The van der Waals surface area contributed by atoms with Gasteiger partial charge in [-0.1, -0.05) is 5.92 Å². The van der Waals surface area contributed by atoms with Crippen molar-refractivity contribution in [3.8, 4) is 23.5 Å². The maximum absolute atomic E-state index is 13.0. The summed E-state index contributed by atoms with van der Waals surface area (Å²) in [7, 11) is 6.71. The fourth-order valence-electron chi connectivity index (χ4n) is 4.00. The van der Waals surface area contributed by atoms with Crippen LogP contribution in [0.3, 0.4) is 0 Å². The zero-order chi connectivity index (χ0) is 28.2. The van der Waals surface area contributed by atoms with Crippen LogP contribution in [0.4, 0.5) is 0 Å². The summed E-state index contributed by atoms with van der Waals surface area (Å²) in [6.07, 6.45) is 2.59. The number of hydrogen-bond donors (Lipinski definition) is 0. The van der Waals surface area contributed by atoms with Crippen molar-refractivity contribution in [2.75, 3.05) is 54.6 Å². The number of furan rings is 1. The Morgan fingerprint density at radius 2 is 1.74 bits per heavy atom. The summed E-state index contributed by atoms with van der Waals surface area (Å²) >= 11 is 0. The summed E-state index contributed by atoms with van der Waals surface area (Å²) in [4.78, 5) is 37.8. The molecule has 0 N–H and O–H groups in total. The Bertz CT molecular complexity index is 1270. The van der Waals surface area contributed by atoms with Gasteiger partial charge in [0.1, 0.15) is 12.9 Å². The van der Waals surface area contributed by atoms with E-state index in [-0.39, 0.29) is 25.3 Å². The highest BCUT2D eigenvalue weighted by atomic mass is 16.5. The largest absolute Gasteiger partial charge is 0.493 e. The highest BCUT2D eigenvalue weighted by Crippen LogP contribution is 2.37. The number of allylic oxidation sites excluding steroid dienone is 1. The number of likely N-dealkylation sites (N-methyl/N-ethyl adjacent to an activating group) is 1. The number of carbonyl (C=O) groups excluding carboxylic acids is 3. The van der Waals surface area contributed by atoms with Crippen molar-refractivity contribution in [2.24, 2.45) is 0 Å². The van der Waals surface area contributed by atoms with E-state index in [1.165, 1.54) is 7.11 Å². The number of amides is 1. The van der Waals surface area contributed by atoms with Crippen molar-refractivity contribution in [1.82, 2.24) is 9.80 Å². The molecule has 0 spiro atoms. The maximum Gasteiger partial charge on any atom is 0.289 e. The Morgan fingerprint density at radius 3 is 2.29 bits per heavy atom. The highest BCUT2D eigenvalue weighted by Gasteiger charge is 2.30. The fraction of sp³-hybridized carbons (Fsp3) is 0.379. The lowest BCUT2D eigenvalue weighted by molar-refractivity contribution is -0.0980. The molecule has 1 fully saturated rings. The smallest absolute Gasteiger partial charge is 0.289 e. The lowest BCUT2D eigenvalue weighted by Crippen LogP contribution is -2.47.